The van der Waals surface area contributed by atoms with Gasteiger partial charge in [0, 0.05) is 13.1 Å². The third-order valence-corrected chi connectivity index (χ3v) is 3.66. The van der Waals surface area contributed by atoms with Crippen molar-refractivity contribution in [2.24, 2.45) is 0 Å². The zero-order chi connectivity index (χ0) is 14.7. The Labute approximate surface area is 123 Å². The van der Waals surface area contributed by atoms with Crippen molar-refractivity contribution in [3.8, 4) is 0 Å². The Morgan fingerprint density at radius 3 is 2.90 bits per heavy atom. The molecule has 1 N–H and O–H groups in total. The van der Waals surface area contributed by atoms with E-state index >= 15 is 0 Å². The number of likely N-dealkylation sites (tertiary alicyclic amines) is 1. The van der Waals surface area contributed by atoms with Gasteiger partial charge in [-0.2, -0.15) is 4.98 Å². The molecule has 0 aliphatic carbocycles. The van der Waals surface area contributed by atoms with Gasteiger partial charge in [-0.15, -0.1) is 0 Å². The minimum atomic E-state index is -0.340. The first-order valence-electron chi connectivity index (χ1n) is 7.16. The number of benzene rings is 1. The van der Waals surface area contributed by atoms with Crippen LogP contribution in [0.25, 0.3) is 6.08 Å². The maximum Gasteiger partial charge on any atom is 0.244 e. The van der Waals surface area contributed by atoms with Gasteiger partial charge in [0.25, 0.3) is 0 Å². The molecule has 110 valence electrons. The van der Waals surface area contributed by atoms with Crippen LogP contribution < -0.4 is 0 Å². The highest BCUT2D eigenvalue weighted by Crippen LogP contribution is 2.30. The van der Waals surface area contributed by atoms with E-state index in [4.69, 9.17) is 4.52 Å². The second-order valence-electron chi connectivity index (χ2n) is 5.35. The summed E-state index contributed by atoms with van der Waals surface area (Å²) >= 11 is 0. The van der Waals surface area contributed by atoms with Crippen LogP contribution in [0, 0.1) is 6.92 Å². The van der Waals surface area contributed by atoms with Crippen molar-refractivity contribution >= 4 is 6.08 Å². The zero-order valence-corrected chi connectivity index (χ0v) is 12.0. The Hall–Kier alpha value is -1.98. The summed E-state index contributed by atoms with van der Waals surface area (Å²) in [6, 6.07) is 10.2. The standard InChI is InChI=1S/C16H19N3O2/c1-12-17-16(21-18-12)15-10-14(20)11-19(15)9-5-8-13-6-3-2-4-7-13/h2-8,14-15,20H,9-11H2,1H3/b8-5+/t14-,15-/m1/s1. The number of aromatic nitrogens is 2. The Morgan fingerprint density at radius 2 is 2.19 bits per heavy atom. The van der Waals surface area contributed by atoms with E-state index in [2.05, 4.69) is 39.3 Å². The minimum absolute atomic E-state index is 0.00150. The van der Waals surface area contributed by atoms with Crippen molar-refractivity contribution in [1.82, 2.24) is 15.0 Å². The van der Waals surface area contributed by atoms with Crippen molar-refractivity contribution in [3.63, 3.8) is 0 Å². The van der Waals surface area contributed by atoms with Crippen molar-refractivity contribution in [2.75, 3.05) is 13.1 Å². The molecule has 1 aliphatic heterocycles. The summed E-state index contributed by atoms with van der Waals surface area (Å²) in [6.45, 7) is 3.18. The average molecular weight is 285 g/mol. The van der Waals surface area contributed by atoms with Gasteiger partial charge in [-0.1, -0.05) is 47.6 Å². The molecule has 2 heterocycles. The van der Waals surface area contributed by atoms with Crippen LogP contribution >= 0.6 is 0 Å². The number of aliphatic hydroxyl groups excluding tert-OH is 1. The summed E-state index contributed by atoms with van der Waals surface area (Å²) in [6.07, 6.45) is 4.48. The summed E-state index contributed by atoms with van der Waals surface area (Å²) in [5.74, 6) is 1.23. The molecule has 2 aromatic rings. The van der Waals surface area contributed by atoms with Gasteiger partial charge >= 0.3 is 0 Å². The number of nitrogens with zero attached hydrogens (tertiary/aromatic N) is 3. The van der Waals surface area contributed by atoms with Crippen LogP contribution in [0.2, 0.25) is 0 Å². The Kier molecular flexibility index (Phi) is 4.13. The molecule has 1 aliphatic rings. The smallest absolute Gasteiger partial charge is 0.244 e. The number of hydrogen-bond donors (Lipinski definition) is 1. The van der Waals surface area contributed by atoms with Gasteiger partial charge in [-0.05, 0) is 18.9 Å². The summed E-state index contributed by atoms with van der Waals surface area (Å²) in [5.41, 5.74) is 1.17. The van der Waals surface area contributed by atoms with E-state index in [0.717, 1.165) is 6.54 Å². The molecular formula is C16H19N3O2. The number of rotatable bonds is 4. The van der Waals surface area contributed by atoms with Crippen LogP contribution in [0.3, 0.4) is 0 Å². The monoisotopic (exact) mass is 285 g/mol. The van der Waals surface area contributed by atoms with Crippen LogP contribution in [0.15, 0.2) is 40.9 Å². The molecule has 1 aromatic carbocycles. The van der Waals surface area contributed by atoms with Crippen LogP contribution in [0.4, 0.5) is 0 Å². The molecule has 0 bridgehead atoms. The van der Waals surface area contributed by atoms with E-state index in [1.165, 1.54) is 5.56 Å². The first-order valence-corrected chi connectivity index (χ1v) is 7.16. The van der Waals surface area contributed by atoms with E-state index in [1.54, 1.807) is 6.92 Å². The van der Waals surface area contributed by atoms with Gasteiger partial charge in [0.1, 0.15) is 0 Å². The predicted molar refractivity (Wildman–Crippen MR) is 79.4 cm³/mol. The second-order valence-corrected chi connectivity index (χ2v) is 5.35. The molecule has 2 atom stereocenters. The lowest BCUT2D eigenvalue weighted by atomic mass is 10.2. The van der Waals surface area contributed by atoms with E-state index in [0.29, 0.717) is 24.7 Å². The molecule has 0 unspecified atom stereocenters. The van der Waals surface area contributed by atoms with E-state index in [-0.39, 0.29) is 12.1 Å². The highest BCUT2D eigenvalue weighted by atomic mass is 16.5. The minimum Gasteiger partial charge on any atom is -0.392 e. The number of aryl methyl sites for hydroxylation is 1. The number of β-amino-alcohol motifs (C(OH)–C–C–N with tert-alkyl or cyclic N) is 1. The van der Waals surface area contributed by atoms with Gasteiger partial charge in [-0.3, -0.25) is 4.90 Å². The maximum absolute atomic E-state index is 9.90. The van der Waals surface area contributed by atoms with Gasteiger partial charge in [0.15, 0.2) is 5.82 Å². The molecule has 21 heavy (non-hydrogen) atoms. The Bertz CT molecular complexity index is 609. The molecule has 5 nitrogen and oxygen atoms in total. The fourth-order valence-electron chi connectivity index (χ4n) is 2.67. The van der Waals surface area contributed by atoms with Crippen LogP contribution in [-0.2, 0) is 0 Å². The maximum atomic E-state index is 9.90. The molecular weight excluding hydrogens is 266 g/mol. The molecule has 0 radical (unpaired) electrons. The van der Waals surface area contributed by atoms with Crippen molar-refractivity contribution < 1.29 is 9.63 Å². The normalized spacial score (nSPS) is 23.1. The third kappa shape index (κ3) is 3.37. The van der Waals surface area contributed by atoms with Crippen molar-refractivity contribution in [2.45, 2.75) is 25.5 Å². The average Bonchev–Trinajstić information content (AvgIpc) is 3.06. The van der Waals surface area contributed by atoms with E-state index in [1.807, 2.05) is 18.2 Å². The number of aliphatic hydroxyl groups is 1. The van der Waals surface area contributed by atoms with Crippen molar-refractivity contribution in [1.29, 1.82) is 0 Å². The molecule has 1 saturated heterocycles. The van der Waals surface area contributed by atoms with Crippen LogP contribution in [0.5, 0.6) is 0 Å². The summed E-state index contributed by atoms with van der Waals surface area (Å²) in [4.78, 5) is 6.45. The van der Waals surface area contributed by atoms with Gasteiger partial charge in [-0.25, -0.2) is 0 Å². The summed E-state index contributed by atoms with van der Waals surface area (Å²) in [7, 11) is 0. The van der Waals surface area contributed by atoms with Gasteiger partial charge in [0.05, 0.1) is 12.1 Å². The molecule has 1 aromatic heterocycles. The zero-order valence-electron chi connectivity index (χ0n) is 12.0. The van der Waals surface area contributed by atoms with E-state index < -0.39 is 0 Å². The van der Waals surface area contributed by atoms with Gasteiger partial charge < -0.3 is 9.63 Å². The molecule has 0 amide bonds. The molecule has 0 saturated carbocycles. The first-order chi connectivity index (χ1) is 10.2. The second kappa shape index (κ2) is 6.20. The summed E-state index contributed by atoms with van der Waals surface area (Å²) in [5, 5.41) is 13.7. The Balaban J connectivity index is 1.67. The lowest BCUT2D eigenvalue weighted by Crippen LogP contribution is -2.25. The molecule has 5 heteroatoms. The van der Waals surface area contributed by atoms with Crippen LogP contribution in [0.1, 0.15) is 29.7 Å². The quantitative estimate of drug-likeness (QED) is 0.933. The lowest BCUT2D eigenvalue weighted by molar-refractivity contribution is 0.178. The fraction of sp³-hybridized carbons (Fsp3) is 0.375. The predicted octanol–water partition coefficient (Wildman–Crippen LogP) is 2.20. The first kappa shape index (κ1) is 14.0. The largest absolute Gasteiger partial charge is 0.392 e. The van der Waals surface area contributed by atoms with Gasteiger partial charge in [0.2, 0.25) is 5.89 Å². The molecule has 3 rings (SSSR count). The van der Waals surface area contributed by atoms with Crippen molar-refractivity contribution in [3.05, 3.63) is 53.7 Å². The molecule has 1 fully saturated rings. The summed E-state index contributed by atoms with van der Waals surface area (Å²) < 4.78 is 5.25. The Morgan fingerprint density at radius 1 is 1.38 bits per heavy atom. The van der Waals surface area contributed by atoms with E-state index in [9.17, 15) is 5.11 Å². The number of hydrogen-bond acceptors (Lipinski definition) is 5. The highest BCUT2D eigenvalue weighted by Gasteiger charge is 2.34. The highest BCUT2D eigenvalue weighted by molar-refractivity contribution is 5.48. The third-order valence-electron chi connectivity index (χ3n) is 3.66. The SMILES string of the molecule is Cc1noc([C@H]2C[C@@H](O)CN2C/C=C/c2ccccc2)n1. The lowest BCUT2D eigenvalue weighted by Gasteiger charge is -2.18. The fourth-order valence-corrected chi connectivity index (χ4v) is 2.67. The van der Waals surface area contributed by atoms with Crippen LogP contribution in [-0.4, -0.2) is 39.3 Å². The topological polar surface area (TPSA) is 62.4 Å². The molecule has 0 spiro atoms.